The van der Waals surface area contributed by atoms with Gasteiger partial charge in [0.25, 0.3) is 5.91 Å². The summed E-state index contributed by atoms with van der Waals surface area (Å²) in [6.45, 7) is 1.50. The first kappa shape index (κ1) is 13.9. The van der Waals surface area contributed by atoms with Gasteiger partial charge in [0.15, 0.2) is 11.5 Å². The molecule has 0 spiro atoms. The Balaban J connectivity index is 1.90. The Morgan fingerprint density at radius 3 is 2.71 bits per heavy atom. The number of likely N-dealkylation sites (tertiary alicyclic amines) is 1. The fraction of sp³-hybridized carbons (Fsp3) is 0.357. The molecule has 1 aliphatic heterocycles. The lowest BCUT2D eigenvalue weighted by Gasteiger charge is -2.25. The van der Waals surface area contributed by atoms with E-state index < -0.39 is 0 Å². The van der Waals surface area contributed by atoms with Crippen molar-refractivity contribution in [3.63, 3.8) is 0 Å². The minimum Gasteiger partial charge on any atom is -0.382 e. The van der Waals surface area contributed by atoms with Crippen LogP contribution in [0.15, 0.2) is 24.3 Å². The molecule has 2 heterocycles. The van der Waals surface area contributed by atoms with E-state index in [1.54, 1.807) is 23.1 Å². The van der Waals surface area contributed by atoms with E-state index in [2.05, 4.69) is 10.3 Å². The average Bonchev–Trinajstić information content (AvgIpc) is 2.89. The Kier molecular flexibility index (Phi) is 3.79. The Bertz CT molecular complexity index is 663. The zero-order chi connectivity index (χ0) is 14.8. The number of hydrogen-bond donors (Lipinski definition) is 1. The fourth-order valence-corrected chi connectivity index (χ4v) is 2.67. The molecule has 21 heavy (non-hydrogen) atoms. The number of halogens is 1. The van der Waals surface area contributed by atoms with E-state index in [1.165, 1.54) is 4.68 Å². The van der Waals surface area contributed by atoms with E-state index in [0.717, 1.165) is 32.4 Å². The summed E-state index contributed by atoms with van der Waals surface area (Å²) in [5.41, 5.74) is 6.93. The summed E-state index contributed by atoms with van der Waals surface area (Å²) >= 11 is 5.96. The summed E-state index contributed by atoms with van der Waals surface area (Å²) in [7, 11) is 0. The van der Waals surface area contributed by atoms with Crippen molar-refractivity contribution in [1.29, 1.82) is 0 Å². The normalized spacial score (nSPS) is 15.2. The first-order valence-electron chi connectivity index (χ1n) is 6.93. The van der Waals surface area contributed by atoms with Crippen LogP contribution in [0.5, 0.6) is 0 Å². The van der Waals surface area contributed by atoms with Crippen LogP contribution >= 0.6 is 11.6 Å². The van der Waals surface area contributed by atoms with Crippen molar-refractivity contribution in [2.24, 2.45) is 0 Å². The van der Waals surface area contributed by atoms with E-state index in [4.69, 9.17) is 17.3 Å². The van der Waals surface area contributed by atoms with Gasteiger partial charge in [0.1, 0.15) is 0 Å². The SMILES string of the molecule is Nc1c(C(=O)N2CCCCC2)nnn1-c1cccc(Cl)c1. The van der Waals surface area contributed by atoms with Gasteiger partial charge in [0.05, 0.1) is 5.69 Å². The molecule has 0 bridgehead atoms. The van der Waals surface area contributed by atoms with Gasteiger partial charge >= 0.3 is 0 Å². The quantitative estimate of drug-likeness (QED) is 0.922. The highest BCUT2D eigenvalue weighted by Crippen LogP contribution is 2.20. The summed E-state index contributed by atoms with van der Waals surface area (Å²) in [5.74, 6) is 0.0910. The highest BCUT2D eigenvalue weighted by molar-refractivity contribution is 6.30. The minimum atomic E-state index is -0.152. The molecule has 0 atom stereocenters. The molecule has 1 saturated heterocycles. The molecule has 0 aliphatic carbocycles. The van der Waals surface area contributed by atoms with Crippen molar-refractivity contribution in [1.82, 2.24) is 19.9 Å². The Hall–Kier alpha value is -2.08. The smallest absolute Gasteiger partial charge is 0.278 e. The molecule has 1 amide bonds. The zero-order valence-electron chi connectivity index (χ0n) is 11.5. The van der Waals surface area contributed by atoms with Gasteiger partial charge in [0.2, 0.25) is 0 Å². The predicted octanol–water partition coefficient (Wildman–Crippen LogP) is 2.13. The maximum absolute atomic E-state index is 12.4. The summed E-state index contributed by atoms with van der Waals surface area (Å²) in [6, 6.07) is 7.09. The number of hydrogen-bond acceptors (Lipinski definition) is 4. The predicted molar refractivity (Wildman–Crippen MR) is 80.5 cm³/mol. The number of nitrogen functional groups attached to an aromatic ring is 1. The second-order valence-corrected chi connectivity index (χ2v) is 5.50. The van der Waals surface area contributed by atoms with Crippen molar-refractivity contribution in [3.05, 3.63) is 35.0 Å². The molecule has 0 radical (unpaired) electrons. The molecule has 0 saturated carbocycles. The van der Waals surface area contributed by atoms with Crippen LogP contribution in [-0.2, 0) is 0 Å². The lowest BCUT2D eigenvalue weighted by atomic mass is 10.1. The Morgan fingerprint density at radius 1 is 1.24 bits per heavy atom. The van der Waals surface area contributed by atoms with Crippen molar-refractivity contribution < 1.29 is 4.79 Å². The van der Waals surface area contributed by atoms with E-state index in [0.29, 0.717) is 10.7 Å². The summed E-state index contributed by atoms with van der Waals surface area (Å²) < 4.78 is 1.43. The van der Waals surface area contributed by atoms with Gasteiger partial charge in [-0.2, -0.15) is 4.68 Å². The van der Waals surface area contributed by atoms with Crippen LogP contribution in [-0.4, -0.2) is 38.9 Å². The first-order valence-corrected chi connectivity index (χ1v) is 7.31. The zero-order valence-corrected chi connectivity index (χ0v) is 12.3. The largest absolute Gasteiger partial charge is 0.382 e. The highest BCUT2D eigenvalue weighted by Gasteiger charge is 2.24. The molecule has 0 unspecified atom stereocenters. The topological polar surface area (TPSA) is 77.0 Å². The van der Waals surface area contributed by atoms with Crippen molar-refractivity contribution in [3.8, 4) is 5.69 Å². The molecule has 2 aromatic rings. The molecule has 6 nitrogen and oxygen atoms in total. The van der Waals surface area contributed by atoms with Crippen LogP contribution in [0, 0.1) is 0 Å². The number of rotatable bonds is 2. The first-order chi connectivity index (χ1) is 10.2. The van der Waals surface area contributed by atoms with Crippen LogP contribution in [0.3, 0.4) is 0 Å². The second-order valence-electron chi connectivity index (χ2n) is 5.07. The Morgan fingerprint density at radius 2 is 2.00 bits per heavy atom. The van der Waals surface area contributed by atoms with Gasteiger partial charge in [-0.25, -0.2) is 0 Å². The average molecular weight is 306 g/mol. The number of anilines is 1. The third-order valence-electron chi connectivity index (χ3n) is 3.60. The summed E-state index contributed by atoms with van der Waals surface area (Å²) in [5, 5.41) is 8.50. The van der Waals surface area contributed by atoms with Crippen molar-refractivity contribution >= 4 is 23.3 Å². The number of benzene rings is 1. The van der Waals surface area contributed by atoms with Crippen molar-refractivity contribution in [2.45, 2.75) is 19.3 Å². The number of aromatic nitrogens is 3. The van der Waals surface area contributed by atoms with Gasteiger partial charge in [-0.3, -0.25) is 4.79 Å². The molecule has 2 N–H and O–H groups in total. The second kappa shape index (κ2) is 5.73. The lowest BCUT2D eigenvalue weighted by Crippen LogP contribution is -2.36. The van der Waals surface area contributed by atoms with Crippen molar-refractivity contribution in [2.75, 3.05) is 18.8 Å². The molecule has 110 valence electrons. The van der Waals surface area contributed by atoms with Gasteiger partial charge in [-0.1, -0.05) is 22.9 Å². The molecule has 1 aromatic heterocycles. The summed E-state index contributed by atoms with van der Waals surface area (Å²) in [6.07, 6.45) is 3.20. The molecule has 1 aromatic carbocycles. The molecule has 3 rings (SSSR count). The van der Waals surface area contributed by atoms with Crippen LogP contribution in [0.1, 0.15) is 29.8 Å². The molecular formula is C14H16ClN5O. The molecule has 1 fully saturated rings. The Labute approximate surface area is 127 Å². The van der Waals surface area contributed by atoms with E-state index in [9.17, 15) is 4.79 Å². The van der Waals surface area contributed by atoms with Crippen LogP contribution in [0.25, 0.3) is 5.69 Å². The fourth-order valence-electron chi connectivity index (χ4n) is 2.49. The maximum Gasteiger partial charge on any atom is 0.278 e. The number of nitrogens with zero attached hydrogens (tertiary/aromatic N) is 4. The van der Waals surface area contributed by atoms with Crippen LogP contribution in [0.2, 0.25) is 5.02 Å². The van der Waals surface area contributed by atoms with E-state index in [1.807, 2.05) is 6.07 Å². The minimum absolute atomic E-state index is 0.152. The molecule has 7 heteroatoms. The number of piperidine rings is 1. The van der Waals surface area contributed by atoms with Gasteiger partial charge < -0.3 is 10.6 Å². The third-order valence-corrected chi connectivity index (χ3v) is 3.84. The van der Waals surface area contributed by atoms with Crippen LogP contribution in [0.4, 0.5) is 5.82 Å². The lowest BCUT2D eigenvalue weighted by molar-refractivity contribution is 0.0719. The monoisotopic (exact) mass is 305 g/mol. The number of carbonyl (C=O) groups excluding carboxylic acids is 1. The van der Waals surface area contributed by atoms with Gasteiger partial charge in [0, 0.05) is 18.1 Å². The summed E-state index contributed by atoms with van der Waals surface area (Å²) in [4.78, 5) is 14.2. The number of amides is 1. The van der Waals surface area contributed by atoms with Crippen LogP contribution < -0.4 is 5.73 Å². The molecule has 1 aliphatic rings. The number of carbonyl (C=O) groups is 1. The third kappa shape index (κ3) is 2.71. The standard InChI is InChI=1S/C14H16ClN5O/c15-10-5-4-6-11(9-10)20-13(16)12(17-18-20)14(21)19-7-2-1-3-8-19/h4-6,9H,1-3,7-8,16H2. The molecular weight excluding hydrogens is 290 g/mol. The maximum atomic E-state index is 12.4. The van der Waals surface area contributed by atoms with E-state index >= 15 is 0 Å². The van der Waals surface area contributed by atoms with E-state index in [-0.39, 0.29) is 17.4 Å². The highest BCUT2D eigenvalue weighted by atomic mass is 35.5. The number of nitrogens with two attached hydrogens (primary N) is 1. The van der Waals surface area contributed by atoms with Gasteiger partial charge in [-0.15, -0.1) is 5.10 Å². The van der Waals surface area contributed by atoms with Gasteiger partial charge in [-0.05, 0) is 37.5 Å².